The number of aliphatic carboxylic acids is 1. The van der Waals surface area contributed by atoms with Crippen LogP contribution in [0, 0.1) is 13.8 Å². The number of hydrogen-bond donors (Lipinski definition) is 2. The van der Waals surface area contributed by atoms with Crippen molar-refractivity contribution < 1.29 is 14.3 Å². The van der Waals surface area contributed by atoms with Gasteiger partial charge in [0.15, 0.2) is 5.58 Å². The van der Waals surface area contributed by atoms with Crippen LogP contribution in [0.25, 0.3) is 11.1 Å². The Bertz CT molecular complexity index is 560. The Morgan fingerprint density at radius 2 is 2.24 bits per heavy atom. The van der Waals surface area contributed by atoms with Crippen molar-refractivity contribution in [2.45, 2.75) is 20.3 Å². The van der Waals surface area contributed by atoms with Gasteiger partial charge in [-0.25, -0.2) is 0 Å². The Morgan fingerprint density at radius 3 is 2.94 bits per heavy atom. The average Bonchev–Trinajstić information content (AvgIpc) is 2.60. The number of carboxylic acids is 1. The minimum Gasteiger partial charge on any atom is -0.481 e. The summed E-state index contributed by atoms with van der Waals surface area (Å²) in [5.41, 5.74) is 3.69. The van der Waals surface area contributed by atoms with Crippen LogP contribution in [-0.4, -0.2) is 22.6 Å². The zero-order chi connectivity index (χ0) is 12.4. The summed E-state index contributed by atoms with van der Waals surface area (Å²) < 4.78 is 5.52. The number of nitrogens with one attached hydrogen (secondary N) is 1. The predicted octanol–water partition coefficient (Wildman–Crippen LogP) is 2.33. The van der Waals surface area contributed by atoms with Gasteiger partial charge >= 0.3 is 5.97 Å². The fraction of sp³-hybridized carbons (Fsp3) is 0.333. The summed E-state index contributed by atoms with van der Waals surface area (Å²) in [6, 6.07) is 4.33. The predicted molar refractivity (Wildman–Crippen MR) is 64.2 cm³/mol. The van der Waals surface area contributed by atoms with Crippen molar-refractivity contribution in [2.75, 3.05) is 11.9 Å². The molecular formula is C12H14N2O3. The Balaban J connectivity index is 2.20. The van der Waals surface area contributed by atoms with Crippen molar-refractivity contribution in [1.82, 2.24) is 4.98 Å². The second-order valence-electron chi connectivity index (χ2n) is 4.02. The van der Waals surface area contributed by atoms with Crippen molar-refractivity contribution in [3.05, 3.63) is 23.3 Å². The van der Waals surface area contributed by atoms with Gasteiger partial charge in [0.2, 0.25) is 0 Å². The van der Waals surface area contributed by atoms with E-state index >= 15 is 0 Å². The van der Waals surface area contributed by atoms with E-state index in [-0.39, 0.29) is 6.42 Å². The summed E-state index contributed by atoms with van der Waals surface area (Å²) in [6.45, 7) is 4.26. The molecule has 0 aliphatic rings. The molecule has 0 bridgehead atoms. The number of anilines is 1. The van der Waals surface area contributed by atoms with Gasteiger partial charge in [-0.15, -0.1) is 0 Å². The number of fused-ring (bicyclic) bond motifs is 1. The third-order valence-corrected chi connectivity index (χ3v) is 2.44. The number of hydrogen-bond acceptors (Lipinski definition) is 4. The molecule has 1 aromatic heterocycles. The van der Waals surface area contributed by atoms with E-state index in [1.807, 2.05) is 26.0 Å². The number of carboxylic acid groups (broad SMARTS) is 1. The van der Waals surface area contributed by atoms with E-state index in [2.05, 4.69) is 10.3 Å². The zero-order valence-electron chi connectivity index (χ0n) is 9.78. The van der Waals surface area contributed by atoms with Crippen LogP contribution < -0.4 is 5.32 Å². The van der Waals surface area contributed by atoms with Crippen molar-refractivity contribution in [1.29, 1.82) is 0 Å². The molecule has 0 fully saturated rings. The third-order valence-electron chi connectivity index (χ3n) is 2.44. The minimum atomic E-state index is -0.847. The molecule has 17 heavy (non-hydrogen) atoms. The molecule has 1 aromatic carbocycles. The van der Waals surface area contributed by atoms with Gasteiger partial charge in [0, 0.05) is 6.54 Å². The van der Waals surface area contributed by atoms with Crippen LogP contribution in [0.3, 0.4) is 0 Å². The summed E-state index contributed by atoms with van der Waals surface area (Å²) in [4.78, 5) is 14.6. The van der Waals surface area contributed by atoms with Crippen molar-refractivity contribution in [3.63, 3.8) is 0 Å². The van der Waals surface area contributed by atoms with Gasteiger partial charge in [0.05, 0.1) is 6.42 Å². The minimum absolute atomic E-state index is 0.0384. The standard InChI is InChI=1S/C12H14N2O3/c1-7-5-8(2)11-9(6-7)14-12(17-11)13-4-3-10(15)16/h5-6H,3-4H2,1-2H3,(H,13,14)(H,15,16). The molecule has 2 aromatic rings. The number of oxazole rings is 1. The molecule has 0 aliphatic heterocycles. The number of benzene rings is 1. The Kier molecular flexibility index (Phi) is 2.99. The Labute approximate surface area is 98.5 Å². The molecular weight excluding hydrogens is 220 g/mol. The van der Waals surface area contributed by atoms with Crippen LogP contribution >= 0.6 is 0 Å². The smallest absolute Gasteiger partial charge is 0.305 e. The molecule has 0 aliphatic carbocycles. The van der Waals surface area contributed by atoms with Gasteiger partial charge in [0.1, 0.15) is 5.52 Å². The molecule has 0 spiro atoms. The molecule has 90 valence electrons. The highest BCUT2D eigenvalue weighted by Gasteiger charge is 2.08. The van der Waals surface area contributed by atoms with Crippen LogP contribution in [0.2, 0.25) is 0 Å². The lowest BCUT2D eigenvalue weighted by molar-refractivity contribution is -0.136. The lowest BCUT2D eigenvalue weighted by atomic mass is 10.1. The first kappa shape index (κ1) is 11.4. The first-order valence-electron chi connectivity index (χ1n) is 5.40. The number of carbonyl (C=O) groups is 1. The fourth-order valence-corrected chi connectivity index (χ4v) is 1.73. The van der Waals surface area contributed by atoms with E-state index in [4.69, 9.17) is 9.52 Å². The van der Waals surface area contributed by atoms with Crippen molar-refractivity contribution >= 4 is 23.1 Å². The van der Waals surface area contributed by atoms with Crippen LogP contribution in [0.1, 0.15) is 17.5 Å². The van der Waals surface area contributed by atoms with E-state index in [1.54, 1.807) is 0 Å². The summed E-state index contributed by atoms with van der Waals surface area (Å²) >= 11 is 0. The van der Waals surface area contributed by atoms with Gasteiger partial charge in [-0.1, -0.05) is 6.07 Å². The van der Waals surface area contributed by atoms with Gasteiger partial charge < -0.3 is 14.8 Å². The molecule has 0 atom stereocenters. The lowest BCUT2D eigenvalue weighted by Gasteiger charge is -1.97. The number of nitrogens with zero attached hydrogens (tertiary/aromatic N) is 1. The maximum absolute atomic E-state index is 10.4. The maximum Gasteiger partial charge on any atom is 0.305 e. The van der Waals surface area contributed by atoms with Gasteiger partial charge in [-0.05, 0) is 31.0 Å². The SMILES string of the molecule is Cc1cc(C)c2oc(NCCC(=O)O)nc2c1. The third kappa shape index (κ3) is 2.55. The van der Waals surface area contributed by atoms with E-state index in [0.29, 0.717) is 12.6 Å². The molecule has 2 N–H and O–H groups in total. The van der Waals surface area contributed by atoms with Gasteiger partial charge in [0.25, 0.3) is 6.01 Å². The first-order valence-corrected chi connectivity index (χ1v) is 5.40. The second kappa shape index (κ2) is 4.45. The van der Waals surface area contributed by atoms with E-state index in [9.17, 15) is 4.79 Å². The summed E-state index contributed by atoms with van der Waals surface area (Å²) in [5, 5.41) is 11.4. The molecule has 0 radical (unpaired) electrons. The largest absolute Gasteiger partial charge is 0.481 e. The molecule has 0 saturated carbocycles. The molecule has 1 heterocycles. The fourth-order valence-electron chi connectivity index (χ4n) is 1.73. The molecule has 0 amide bonds. The Morgan fingerprint density at radius 1 is 1.47 bits per heavy atom. The van der Waals surface area contributed by atoms with Crippen LogP contribution in [0.5, 0.6) is 0 Å². The lowest BCUT2D eigenvalue weighted by Crippen LogP contribution is -2.07. The second-order valence-corrected chi connectivity index (χ2v) is 4.02. The highest BCUT2D eigenvalue weighted by Crippen LogP contribution is 2.23. The first-order chi connectivity index (χ1) is 8.06. The van der Waals surface area contributed by atoms with Gasteiger partial charge in [-0.3, -0.25) is 4.79 Å². The molecule has 5 nitrogen and oxygen atoms in total. The molecule has 0 saturated heterocycles. The average molecular weight is 234 g/mol. The number of rotatable bonds is 4. The molecule has 0 unspecified atom stereocenters. The van der Waals surface area contributed by atoms with Crippen LogP contribution in [0.4, 0.5) is 6.01 Å². The normalized spacial score (nSPS) is 10.7. The monoisotopic (exact) mass is 234 g/mol. The van der Waals surface area contributed by atoms with E-state index in [0.717, 1.165) is 22.2 Å². The topological polar surface area (TPSA) is 75.4 Å². The highest BCUT2D eigenvalue weighted by molar-refractivity contribution is 5.78. The maximum atomic E-state index is 10.4. The quantitative estimate of drug-likeness (QED) is 0.849. The van der Waals surface area contributed by atoms with Crippen molar-refractivity contribution in [3.8, 4) is 0 Å². The number of aryl methyl sites for hydroxylation is 2. The number of aromatic nitrogens is 1. The summed E-state index contributed by atoms with van der Waals surface area (Å²) in [6.07, 6.45) is 0.0384. The molecule has 2 rings (SSSR count). The van der Waals surface area contributed by atoms with Crippen LogP contribution in [-0.2, 0) is 4.79 Å². The highest BCUT2D eigenvalue weighted by atomic mass is 16.4. The molecule has 5 heteroatoms. The van der Waals surface area contributed by atoms with Gasteiger partial charge in [-0.2, -0.15) is 4.98 Å². The van der Waals surface area contributed by atoms with E-state index < -0.39 is 5.97 Å². The van der Waals surface area contributed by atoms with Crippen molar-refractivity contribution in [2.24, 2.45) is 0 Å². The summed E-state index contributed by atoms with van der Waals surface area (Å²) in [5.74, 6) is -0.847. The summed E-state index contributed by atoms with van der Waals surface area (Å²) in [7, 11) is 0. The zero-order valence-corrected chi connectivity index (χ0v) is 9.78. The van der Waals surface area contributed by atoms with Crippen LogP contribution in [0.15, 0.2) is 16.5 Å². The van der Waals surface area contributed by atoms with E-state index in [1.165, 1.54) is 0 Å². The Hall–Kier alpha value is -2.04.